The summed E-state index contributed by atoms with van der Waals surface area (Å²) in [5.41, 5.74) is 0.153. The van der Waals surface area contributed by atoms with Crippen LogP contribution in [-0.2, 0) is 18.0 Å². The highest BCUT2D eigenvalue weighted by atomic mass is 32.1. The first kappa shape index (κ1) is 20.0. The van der Waals surface area contributed by atoms with Crippen LogP contribution in [0.2, 0.25) is 5.54 Å². The standard InChI is InChI=1S/C14H30O4SSi/c1-7-8-9-10-13(11-14(19)18-12(2)3)20(15-4,16-5)17-6/h12-13H,7-11H2,1-6H3. The molecule has 0 heterocycles. The number of thiocarbonyl (C=S) groups is 1. The fourth-order valence-corrected chi connectivity index (χ4v) is 5.34. The quantitative estimate of drug-likeness (QED) is 0.327. The van der Waals surface area contributed by atoms with Gasteiger partial charge in [-0.25, -0.2) is 0 Å². The Morgan fingerprint density at radius 1 is 1.05 bits per heavy atom. The molecule has 4 nitrogen and oxygen atoms in total. The maximum atomic E-state index is 5.61. The van der Waals surface area contributed by atoms with Crippen molar-refractivity contribution in [2.45, 2.75) is 64.5 Å². The second-order valence-electron chi connectivity index (χ2n) is 5.15. The fraction of sp³-hybridized carbons (Fsp3) is 0.929. The predicted octanol–water partition coefficient (Wildman–Crippen LogP) is 3.96. The molecule has 0 aliphatic heterocycles. The van der Waals surface area contributed by atoms with Gasteiger partial charge in [-0.05, 0) is 32.5 Å². The number of ether oxygens (including phenoxy) is 1. The highest BCUT2D eigenvalue weighted by Crippen LogP contribution is 2.33. The number of rotatable bonds is 11. The molecule has 0 radical (unpaired) electrons. The van der Waals surface area contributed by atoms with Crippen molar-refractivity contribution >= 4 is 26.1 Å². The van der Waals surface area contributed by atoms with Crippen LogP contribution in [0, 0.1) is 0 Å². The second kappa shape index (κ2) is 10.7. The molecular formula is C14H30O4SSi. The van der Waals surface area contributed by atoms with Crippen molar-refractivity contribution in [3.8, 4) is 0 Å². The topological polar surface area (TPSA) is 36.9 Å². The molecule has 1 unspecified atom stereocenters. The van der Waals surface area contributed by atoms with Crippen LogP contribution < -0.4 is 0 Å². The number of hydrogen-bond donors (Lipinski definition) is 0. The molecule has 0 fully saturated rings. The first-order valence-corrected chi connectivity index (χ1v) is 9.51. The fourth-order valence-electron chi connectivity index (χ4n) is 2.31. The third kappa shape index (κ3) is 6.63. The molecular weight excluding hydrogens is 292 g/mol. The molecule has 0 rings (SSSR count). The molecule has 0 amide bonds. The van der Waals surface area contributed by atoms with E-state index >= 15 is 0 Å². The zero-order chi connectivity index (χ0) is 15.6. The van der Waals surface area contributed by atoms with E-state index in [2.05, 4.69) is 6.92 Å². The summed E-state index contributed by atoms with van der Waals surface area (Å²) in [5.74, 6) is 0. The molecule has 0 saturated heterocycles. The minimum atomic E-state index is -2.68. The van der Waals surface area contributed by atoms with Crippen LogP contribution in [0.15, 0.2) is 0 Å². The van der Waals surface area contributed by atoms with Crippen molar-refractivity contribution in [1.82, 2.24) is 0 Å². The van der Waals surface area contributed by atoms with Crippen molar-refractivity contribution in [2.24, 2.45) is 0 Å². The van der Waals surface area contributed by atoms with Gasteiger partial charge in [0.05, 0.1) is 6.10 Å². The Balaban J connectivity index is 4.81. The van der Waals surface area contributed by atoms with E-state index in [0.29, 0.717) is 11.5 Å². The summed E-state index contributed by atoms with van der Waals surface area (Å²) in [4.78, 5) is 0. The van der Waals surface area contributed by atoms with Gasteiger partial charge in [-0.2, -0.15) is 0 Å². The highest BCUT2D eigenvalue weighted by Gasteiger charge is 2.47. The summed E-state index contributed by atoms with van der Waals surface area (Å²) in [6.45, 7) is 6.15. The monoisotopic (exact) mass is 322 g/mol. The average molecular weight is 323 g/mol. The van der Waals surface area contributed by atoms with E-state index in [1.54, 1.807) is 21.3 Å². The predicted molar refractivity (Wildman–Crippen MR) is 88.1 cm³/mol. The molecule has 0 spiro atoms. The molecule has 6 heteroatoms. The second-order valence-corrected chi connectivity index (χ2v) is 8.86. The Morgan fingerprint density at radius 2 is 1.60 bits per heavy atom. The van der Waals surface area contributed by atoms with Gasteiger partial charge in [0, 0.05) is 33.3 Å². The zero-order valence-electron chi connectivity index (χ0n) is 13.7. The molecule has 1 atom stereocenters. The molecule has 0 aromatic heterocycles. The van der Waals surface area contributed by atoms with Gasteiger partial charge in [0.1, 0.15) is 0 Å². The first-order valence-electron chi connectivity index (χ1n) is 7.30. The summed E-state index contributed by atoms with van der Waals surface area (Å²) in [5, 5.41) is 0.615. The third-order valence-electron chi connectivity index (χ3n) is 3.29. The van der Waals surface area contributed by atoms with E-state index < -0.39 is 8.80 Å². The van der Waals surface area contributed by atoms with Gasteiger partial charge in [-0.15, -0.1) is 0 Å². The van der Waals surface area contributed by atoms with Gasteiger partial charge in [0.25, 0.3) is 0 Å². The molecule has 0 bridgehead atoms. The van der Waals surface area contributed by atoms with Crippen molar-refractivity contribution in [3.05, 3.63) is 0 Å². The lowest BCUT2D eigenvalue weighted by Gasteiger charge is -2.32. The number of hydrogen-bond acceptors (Lipinski definition) is 5. The molecule has 20 heavy (non-hydrogen) atoms. The van der Waals surface area contributed by atoms with Crippen molar-refractivity contribution in [2.75, 3.05) is 21.3 Å². The first-order chi connectivity index (χ1) is 9.45. The van der Waals surface area contributed by atoms with Crippen molar-refractivity contribution in [3.63, 3.8) is 0 Å². The molecule has 0 N–H and O–H groups in total. The number of unbranched alkanes of at least 4 members (excludes halogenated alkanes) is 2. The maximum absolute atomic E-state index is 5.61. The Bertz CT molecular complexity index is 262. The lowest BCUT2D eigenvalue weighted by Crippen LogP contribution is -2.48. The summed E-state index contributed by atoms with van der Waals surface area (Å²) in [6.07, 6.45) is 5.23. The smallest absolute Gasteiger partial charge is 0.484 e. The minimum absolute atomic E-state index is 0.0995. The van der Waals surface area contributed by atoms with Gasteiger partial charge in [0.2, 0.25) is 0 Å². The third-order valence-corrected chi connectivity index (χ3v) is 6.75. The van der Waals surface area contributed by atoms with E-state index in [1.165, 1.54) is 12.8 Å². The Hall–Kier alpha value is -0.0131. The molecule has 0 aliphatic rings. The molecule has 0 aromatic carbocycles. The molecule has 0 aliphatic carbocycles. The van der Waals surface area contributed by atoms with Crippen LogP contribution >= 0.6 is 12.2 Å². The summed E-state index contributed by atoms with van der Waals surface area (Å²) >= 11 is 5.33. The van der Waals surface area contributed by atoms with Crippen LogP contribution in [0.25, 0.3) is 0 Å². The molecule has 120 valence electrons. The van der Waals surface area contributed by atoms with E-state index in [9.17, 15) is 0 Å². The summed E-state index contributed by atoms with van der Waals surface area (Å²) in [6, 6.07) is 0. The van der Waals surface area contributed by atoms with Crippen molar-refractivity contribution < 1.29 is 18.0 Å². The van der Waals surface area contributed by atoms with E-state index in [1.807, 2.05) is 13.8 Å². The van der Waals surface area contributed by atoms with Crippen LogP contribution in [0.5, 0.6) is 0 Å². The lowest BCUT2D eigenvalue weighted by atomic mass is 10.1. The Labute approximate surface area is 130 Å². The average Bonchev–Trinajstić information content (AvgIpc) is 2.40. The van der Waals surface area contributed by atoms with E-state index in [4.69, 9.17) is 30.2 Å². The van der Waals surface area contributed by atoms with Gasteiger partial charge in [0.15, 0.2) is 5.05 Å². The molecule has 0 aromatic rings. The molecule has 0 saturated carbocycles. The summed E-state index contributed by atoms with van der Waals surface area (Å²) < 4.78 is 22.4. The van der Waals surface area contributed by atoms with E-state index in [-0.39, 0.29) is 11.6 Å². The van der Waals surface area contributed by atoms with Crippen LogP contribution in [-0.4, -0.2) is 41.3 Å². The normalized spacial score (nSPS) is 13.6. The highest BCUT2D eigenvalue weighted by molar-refractivity contribution is 7.80. The maximum Gasteiger partial charge on any atom is 0.503 e. The zero-order valence-corrected chi connectivity index (χ0v) is 15.5. The van der Waals surface area contributed by atoms with Gasteiger partial charge in [-0.3, -0.25) is 0 Å². The Kier molecular flexibility index (Phi) is 10.7. The SMILES string of the molecule is CCCCCC(CC(=S)OC(C)C)[Si](OC)(OC)OC. The van der Waals surface area contributed by atoms with E-state index in [0.717, 1.165) is 12.8 Å². The largest absolute Gasteiger partial charge is 0.503 e. The van der Waals surface area contributed by atoms with Crippen LogP contribution in [0.1, 0.15) is 52.9 Å². The summed E-state index contributed by atoms with van der Waals surface area (Å²) in [7, 11) is 2.28. The minimum Gasteiger partial charge on any atom is -0.484 e. The van der Waals surface area contributed by atoms with Gasteiger partial charge < -0.3 is 18.0 Å². The van der Waals surface area contributed by atoms with Gasteiger partial charge >= 0.3 is 8.80 Å². The Morgan fingerprint density at radius 3 is 2.00 bits per heavy atom. The lowest BCUT2D eigenvalue weighted by molar-refractivity contribution is 0.108. The van der Waals surface area contributed by atoms with Gasteiger partial charge in [-0.1, -0.05) is 26.2 Å². The van der Waals surface area contributed by atoms with Crippen LogP contribution in [0.4, 0.5) is 0 Å². The van der Waals surface area contributed by atoms with Crippen molar-refractivity contribution in [1.29, 1.82) is 0 Å². The van der Waals surface area contributed by atoms with Crippen LogP contribution in [0.3, 0.4) is 0 Å².